The molecule has 1 fully saturated rings. The minimum atomic E-state index is -1.61. The zero-order valence-electron chi connectivity index (χ0n) is 11.2. The van der Waals surface area contributed by atoms with E-state index in [-0.39, 0.29) is 18.2 Å². The number of amides is 1. The van der Waals surface area contributed by atoms with E-state index in [0.29, 0.717) is 25.9 Å². The van der Waals surface area contributed by atoms with Gasteiger partial charge in [0.1, 0.15) is 6.29 Å². The molecule has 0 atom stereocenters. The second-order valence-corrected chi connectivity index (χ2v) is 5.02. The number of carbonyl (C=O) groups excluding carboxylic acids is 2. The summed E-state index contributed by atoms with van der Waals surface area (Å²) in [6, 6.07) is 1.73. The Morgan fingerprint density at radius 1 is 1.24 bits per heavy atom. The van der Waals surface area contributed by atoms with Crippen LogP contribution in [0, 0.1) is 23.4 Å². The summed E-state index contributed by atoms with van der Waals surface area (Å²) in [4.78, 5) is 24.2. The molecule has 1 saturated heterocycles. The minimum Gasteiger partial charge on any atom is -0.322 e. The lowest BCUT2D eigenvalue weighted by Crippen LogP contribution is -2.39. The van der Waals surface area contributed by atoms with Crippen LogP contribution in [-0.2, 0) is 9.59 Å². The van der Waals surface area contributed by atoms with Crippen LogP contribution in [0.1, 0.15) is 12.8 Å². The van der Waals surface area contributed by atoms with Crippen LogP contribution in [0.3, 0.4) is 0 Å². The zero-order valence-corrected chi connectivity index (χ0v) is 11.2. The van der Waals surface area contributed by atoms with Crippen molar-refractivity contribution in [2.75, 3.05) is 25.0 Å². The molecule has 0 radical (unpaired) electrons. The van der Waals surface area contributed by atoms with Crippen molar-refractivity contribution in [3.8, 4) is 0 Å². The maximum absolute atomic E-state index is 13.4. The van der Waals surface area contributed by atoms with E-state index in [1.807, 2.05) is 4.90 Å². The molecule has 21 heavy (non-hydrogen) atoms. The van der Waals surface area contributed by atoms with Crippen molar-refractivity contribution >= 4 is 17.9 Å². The van der Waals surface area contributed by atoms with Gasteiger partial charge in [-0.25, -0.2) is 13.2 Å². The predicted octanol–water partition coefficient (Wildman–Crippen LogP) is 1.95. The van der Waals surface area contributed by atoms with Crippen LogP contribution in [0.5, 0.6) is 0 Å². The predicted molar refractivity (Wildman–Crippen MR) is 70.2 cm³/mol. The molecule has 1 aromatic carbocycles. The van der Waals surface area contributed by atoms with E-state index in [1.165, 1.54) is 0 Å². The van der Waals surface area contributed by atoms with Gasteiger partial charge in [-0.2, -0.15) is 0 Å². The van der Waals surface area contributed by atoms with Crippen LogP contribution >= 0.6 is 0 Å². The first-order valence-electron chi connectivity index (χ1n) is 6.62. The molecule has 1 aliphatic heterocycles. The molecule has 4 nitrogen and oxygen atoms in total. The summed E-state index contributed by atoms with van der Waals surface area (Å²) in [5, 5.41) is 2.22. The maximum atomic E-state index is 13.4. The Balaban J connectivity index is 1.91. The van der Waals surface area contributed by atoms with Gasteiger partial charge in [-0.3, -0.25) is 9.69 Å². The van der Waals surface area contributed by atoms with Crippen LogP contribution in [0.4, 0.5) is 18.9 Å². The highest BCUT2D eigenvalue weighted by molar-refractivity contribution is 5.92. The number of carbonyl (C=O) groups is 2. The van der Waals surface area contributed by atoms with Crippen molar-refractivity contribution in [2.45, 2.75) is 12.8 Å². The van der Waals surface area contributed by atoms with Gasteiger partial charge in [-0.1, -0.05) is 0 Å². The fourth-order valence-corrected chi connectivity index (χ4v) is 2.26. The molecule has 1 N–H and O–H groups in total. The SMILES string of the molecule is O=CC1CCN(CC(=O)Nc2ccc(F)c(F)c2F)CC1. The summed E-state index contributed by atoms with van der Waals surface area (Å²) >= 11 is 0. The number of rotatable bonds is 4. The molecule has 114 valence electrons. The van der Waals surface area contributed by atoms with Gasteiger partial charge < -0.3 is 10.1 Å². The number of piperidine rings is 1. The van der Waals surface area contributed by atoms with Crippen LogP contribution < -0.4 is 5.32 Å². The fourth-order valence-electron chi connectivity index (χ4n) is 2.26. The lowest BCUT2D eigenvalue weighted by molar-refractivity contribution is -0.117. The summed E-state index contributed by atoms with van der Waals surface area (Å²) in [6.07, 6.45) is 2.26. The van der Waals surface area contributed by atoms with Crippen molar-refractivity contribution in [2.24, 2.45) is 5.92 Å². The van der Waals surface area contributed by atoms with Gasteiger partial charge in [0.15, 0.2) is 17.5 Å². The fraction of sp³-hybridized carbons (Fsp3) is 0.429. The number of hydrogen-bond donors (Lipinski definition) is 1. The average molecular weight is 300 g/mol. The quantitative estimate of drug-likeness (QED) is 0.683. The molecule has 0 unspecified atom stereocenters. The average Bonchev–Trinajstić information content (AvgIpc) is 2.49. The summed E-state index contributed by atoms with van der Waals surface area (Å²) in [5.74, 6) is -4.82. The molecule has 7 heteroatoms. The van der Waals surface area contributed by atoms with E-state index in [4.69, 9.17) is 0 Å². The van der Waals surface area contributed by atoms with Gasteiger partial charge in [0.25, 0.3) is 0 Å². The summed E-state index contributed by atoms with van der Waals surface area (Å²) < 4.78 is 39.2. The zero-order chi connectivity index (χ0) is 15.4. The molecule has 0 saturated carbocycles. The largest absolute Gasteiger partial charge is 0.322 e. The lowest BCUT2D eigenvalue weighted by Gasteiger charge is -2.28. The van der Waals surface area contributed by atoms with E-state index >= 15 is 0 Å². The summed E-state index contributed by atoms with van der Waals surface area (Å²) in [7, 11) is 0. The Kier molecular flexibility index (Phi) is 4.95. The highest BCUT2D eigenvalue weighted by Gasteiger charge is 2.21. The molecule has 1 amide bonds. The summed E-state index contributed by atoms with van der Waals surface area (Å²) in [5.41, 5.74) is -0.387. The van der Waals surface area contributed by atoms with Crippen molar-refractivity contribution in [1.29, 1.82) is 0 Å². The smallest absolute Gasteiger partial charge is 0.238 e. The molecular weight excluding hydrogens is 285 g/mol. The van der Waals surface area contributed by atoms with Gasteiger partial charge >= 0.3 is 0 Å². The Morgan fingerprint density at radius 2 is 1.90 bits per heavy atom. The lowest BCUT2D eigenvalue weighted by atomic mass is 9.99. The van der Waals surface area contributed by atoms with Crippen molar-refractivity contribution < 1.29 is 22.8 Å². The normalized spacial score (nSPS) is 16.7. The molecule has 0 aliphatic carbocycles. The highest BCUT2D eigenvalue weighted by atomic mass is 19.2. The monoisotopic (exact) mass is 300 g/mol. The molecule has 0 bridgehead atoms. The third-order valence-electron chi connectivity index (χ3n) is 3.50. The Labute approximate surface area is 119 Å². The molecule has 1 heterocycles. The van der Waals surface area contributed by atoms with Crippen LogP contribution in [0.2, 0.25) is 0 Å². The highest BCUT2D eigenvalue weighted by Crippen LogP contribution is 2.20. The second-order valence-electron chi connectivity index (χ2n) is 5.02. The second kappa shape index (κ2) is 6.71. The number of hydrogen-bond acceptors (Lipinski definition) is 3. The van der Waals surface area contributed by atoms with Gasteiger partial charge in [0.2, 0.25) is 5.91 Å². The molecule has 1 aliphatic rings. The van der Waals surface area contributed by atoms with Crippen LogP contribution in [0.15, 0.2) is 12.1 Å². The third kappa shape index (κ3) is 3.81. The van der Waals surface area contributed by atoms with Crippen molar-refractivity contribution in [3.05, 3.63) is 29.6 Å². The standard InChI is InChI=1S/C14H15F3N2O2/c15-10-1-2-11(14(17)13(10)16)18-12(21)7-19-5-3-9(8-20)4-6-19/h1-2,8-9H,3-7H2,(H,18,21). The topological polar surface area (TPSA) is 49.4 Å². The van der Waals surface area contributed by atoms with Gasteiger partial charge in [-0.05, 0) is 38.1 Å². The van der Waals surface area contributed by atoms with E-state index in [1.54, 1.807) is 0 Å². The molecule has 1 aromatic rings. The van der Waals surface area contributed by atoms with Crippen LogP contribution in [-0.4, -0.2) is 36.7 Å². The van der Waals surface area contributed by atoms with E-state index in [2.05, 4.69) is 5.32 Å². The third-order valence-corrected chi connectivity index (χ3v) is 3.50. The summed E-state index contributed by atoms with van der Waals surface area (Å²) in [6.45, 7) is 1.21. The van der Waals surface area contributed by atoms with Gasteiger partial charge in [0.05, 0.1) is 12.2 Å². The number of halogens is 3. The van der Waals surface area contributed by atoms with Crippen molar-refractivity contribution in [3.63, 3.8) is 0 Å². The Bertz CT molecular complexity index is 543. The maximum Gasteiger partial charge on any atom is 0.238 e. The van der Waals surface area contributed by atoms with Crippen molar-refractivity contribution in [1.82, 2.24) is 4.90 Å². The van der Waals surface area contributed by atoms with E-state index in [0.717, 1.165) is 18.4 Å². The van der Waals surface area contributed by atoms with Gasteiger partial charge in [0, 0.05) is 5.92 Å². The Hall–Kier alpha value is -1.89. The number of nitrogens with one attached hydrogen (secondary N) is 1. The van der Waals surface area contributed by atoms with E-state index in [9.17, 15) is 22.8 Å². The molecule has 2 rings (SSSR count). The van der Waals surface area contributed by atoms with Gasteiger partial charge in [-0.15, -0.1) is 0 Å². The van der Waals surface area contributed by atoms with Crippen LogP contribution in [0.25, 0.3) is 0 Å². The first-order valence-corrected chi connectivity index (χ1v) is 6.62. The number of nitrogens with zero attached hydrogens (tertiary/aromatic N) is 1. The van der Waals surface area contributed by atoms with E-state index < -0.39 is 23.4 Å². The number of likely N-dealkylation sites (tertiary alicyclic amines) is 1. The first-order chi connectivity index (χ1) is 10.0. The number of aldehydes is 1. The minimum absolute atomic E-state index is 0.0179. The first kappa shape index (κ1) is 15.5. The number of anilines is 1. The molecular formula is C14H15F3N2O2. The number of benzene rings is 1. The Morgan fingerprint density at radius 3 is 2.52 bits per heavy atom. The molecule has 0 aromatic heterocycles. The molecule has 0 spiro atoms.